The fourth-order valence-electron chi connectivity index (χ4n) is 0.967. The van der Waals surface area contributed by atoms with Gasteiger partial charge >= 0.3 is 0 Å². The SMILES string of the molecule is O=CNN1CCCC1O. The molecule has 4 heteroatoms. The molecule has 4 nitrogen and oxygen atoms in total. The van der Waals surface area contributed by atoms with E-state index in [9.17, 15) is 4.79 Å². The lowest BCUT2D eigenvalue weighted by Crippen LogP contribution is -2.40. The lowest BCUT2D eigenvalue weighted by atomic mass is 10.4. The molecular formula is C5H10N2O2. The molecular weight excluding hydrogens is 120 g/mol. The molecule has 1 rings (SSSR count). The normalized spacial score (nSPS) is 28.3. The standard InChI is InChI=1S/C5H10N2O2/c8-4-6-7-3-1-2-5(7)9/h4-5,9H,1-3H2,(H,6,8). The van der Waals surface area contributed by atoms with Gasteiger partial charge in [-0.3, -0.25) is 10.2 Å². The van der Waals surface area contributed by atoms with Gasteiger partial charge in [0, 0.05) is 6.54 Å². The number of carbonyl (C=O) groups excluding carboxylic acids is 1. The van der Waals surface area contributed by atoms with Crippen LogP contribution >= 0.6 is 0 Å². The molecule has 1 heterocycles. The van der Waals surface area contributed by atoms with Gasteiger partial charge in [0.05, 0.1) is 0 Å². The molecule has 0 aliphatic carbocycles. The van der Waals surface area contributed by atoms with Gasteiger partial charge in [-0.1, -0.05) is 0 Å². The van der Waals surface area contributed by atoms with E-state index in [1.165, 1.54) is 5.01 Å². The number of amides is 1. The molecule has 0 radical (unpaired) electrons. The van der Waals surface area contributed by atoms with Gasteiger partial charge in [-0.2, -0.15) is 5.01 Å². The number of nitrogens with one attached hydrogen (secondary N) is 1. The van der Waals surface area contributed by atoms with Gasteiger partial charge in [0.25, 0.3) is 0 Å². The number of aliphatic hydroxyl groups excluding tert-OH is 1. The molecule has 1 unspecified atom stereocenters. The van der Waals surface area contributed by atoms with Crippen molar-refractivity contribution in [3.8, 4) is 0 Å². The van der Waals surface area contributed by atoms with E-state index in [2.05, 4.69) is 5.43 Å². The van der Waals surface area contributed by atoms with Gasteiger partial charge in [0.2, 0.25) is 6.41 Å². The fraction of sp³-hybridized carbons (Fsp3) is 0.800. The van der Waals surface area contributed by atoms with Gasteiger partial charge in [0.1, 0.15) is 6.23 Å². The number of nitrogens with zero attached hydrogens (tertiary/aromatic N) is 1. The first-order valence-corrected chi connectivity index (χ1v) is 2.99. The summed E-state index contributed by atoms with van der Waals surface area (Å²) in [4.78, 5) is 9.84. The Balaban J connectivity index is 2.30. The molecule has 1 aliphatic rings. The number of carbonyl (C=O) groups is 1. The molecule has 1 saturated heterocycles. The van der Waals surface area contributed by atoms with Crippen LogP contribution in [0.4, 0.5) is 0 Å². The summed E-state index contributed by atoms with van der Waals surface area (Å²) in [7, 11) is 0. The van der Waals surface area contributed by atoms with E-state index in [-0.39, 0.29) is 0 Å². The molecule has 1 amide bonds. The smallest absolute Gasteiger partial charge is 0.221 e. The number of rotatable bonds is 2. The third-order valence-electron chi connectivity index (χ3n) is 1.44. The first-order chi connectivity index (χ1) is 4.34. The molecule has 0 bridgehead atoms. The number of aliphatic hydroxyl groups is 1. The summed E-state index contributed by atoms with van der Waals surface area (Å²) in [6.07, 6.45) is 1.80. The lowest BCUT2D eigenvalue weighted by Gasteiger charge is -2.16. The predicted molar refractivity (Wildman–Crippen MR) is 31.1 cm³/mol. The molecule has 9 heavy (non-hydrogen) atoms. The zero-order valence-electron chi connectivity index (χ0n) is 5.08. The highest BCUT2D eigenvalue weighted by atomic mass is 16.3. The van der Waals surface area contributed by atoms with Crippen LogP contribution in [0.1, 0.15) is 12.8 Å². The minimum Gasteiger partial charge on any atom is -0.377 e. The Morgan fingerprint density at radius 1 is 1.78 bits per heavy atom. The largest absolute Gasteiger partial charge is 0.377 e. The summed E-state index contributed by atoms with van der Waals surface area (Å²) in [6.45, 7) is 0.750. The van der Waals surface area contributed by atoms with E-state index < -0.39 is 6.23 Å². The summed E-state index contributed by atoms with van der Waals surface area (Å²) in [5, 5.41) is 10.5. The Kier molecular flexibility index (Phi) is 2.02. The van der Waals surface area contributed by atoms with Crippen LogP contribution < -0.4 is 5.43 Å². The highest BCUT2D eigenvalue weighted by Gasteiger charge is 2.20. The average molecular weight is 130 g/mol. The van der Waals surface area contributed by atoms with Gasteiger partial charge in [-0.05, 0) is 12.8 Å². The Labute approximate surface area is 53.4 Å². The minimum absolute atomic E-state index is 0.477. The molecule has 0 aromatic carbocycles. The van der Waals surface area contributed by atoms with Crippen LogP contribution in [0, 0.1) is 0 Å². The molecule has 0 spiro atoms. The molecule has 0 aromatic heterocycles. The van der Waals surface area contributed by atoms with E-state index in [0.717, 1.165) is 19.4 Å². The van der Waals surface area contributed by atoms with Gasteiger partial charge in [-0.25, -0.2) is 0 Å². The van der Waals surface area contributed by atoms with Crippen molar-refractivity contribution in [1.82, 2.24) is 10.4 Å². The van der Waals surface area contributed by atoms with Crippen LogP contribution in [0.25, 0.3) is 0 Å². The number of hydrogen-bond acceptors (Lipinski definition) is 3. The maximum absolute atomic E-state index is 9.84. The van der Waals surface area contributed by atoms with E-state index >= 15 is 0 Å². The van der Waals surface area contributed by atoms with E-state index in [1.54, 1.807) is 0 Å². The van der Waals surface area contributed by atoms with Crippen molar-refractivity contribution in [2.75, 3.05) is 6.54 Å². The van der Waals surface area contributed by atoms with Crippen molar-refractivity contribution in [3.05, 3.63) is 0 Å². The third kappa shape index (κ3) is 1.40. The van der Waals surface area contributed by atoms with Crippen LogP contribution in [-0.4, -0.2) is 29.3 Å². The monoisotopic (exact) mass is 130 g/mol. The first-order valence-electron chi connectivity index (χ1n) is 2.99. The summed E-state index contributed by atoms with van der Waals surface area (Å²) in [5.74, 6) is 0. The van der Waals surface area contributed by atoms with Crippen LogP contribution in [0.15, 0.2) is 0 Å². The lowest BCUT2D eigenvalue weighted by molar-refractivity contribution is -0.117. The Bertz CT molecular complexity index is 107. The third-order valence-corrected chi connectivity index (χ3v) is 1.44. The van der Waals surface area contributed by atoms with Crippen LogP contribution in [0.2, 0.25) is 0 Å². The van der Waals surface area contributed by atoms with Crippen molar-refractivity contribution in [2.45, 2.75) is 19.1 Å². The van der Waals surface area contributed by atoms with E-state index in [4.69, 9.17) is 5.11 Å². The van der Waals surface area contributed by atoms with E-state index in [0.29, 0.717) is 6.41 Å². The molecule has 52 valence electrons. The van der Waals surface area contributed by atoms with Gasteiger partial charge < -0.3 is 5.11 Å². The predicted octanol–water partition coefficient (Wildman–Crippen LogP) is -0.938. The van der Waals surface area contributed by atoms with Crippen molar-refractivity contribution in [2.24, 2.45) is 0 Å². The van der Waals surface area contributed by atoms with Crippen molar-refractivity contribution in [3.63, 3.8) is 0 Å². The van der Waals surface area contributed by atoms with Crippen LogP contribution in [0.3, 0.4) is 0 Å². The highest BCUT2D eigenvalue weighted by molar-refractivity contribution is 5.45. The average Bonchev–Trinajstić information content (AvgIpc) is 2.18. The molecule has 0 aromatic rings. The quantitative estimate of drug-likeness (QED) is 0.474. The van der Waals surface area contributed by atoms with Crippen molar-refractivity contribution >= 4 is 6.41 Å². The molecule has 2 N–H and O–H groups in total. The molecule has 1 aliphatic heterocycles. The van der Waals surface area contributed by atoms with Crippen LogP contribution in [0.5, 0.6) is 0 Å². The topological polar surface area (TPSA) is 52.6 Å². The van der Waals surface area contributed by atoms with Gasteiger partial charge in [-0.15, -0.1) is 0 Å². The summed E-state index contributed by atoms with van der Waals surface area (Å²) < 4.78 is 0. The Morgan fingerprint density at radius 3 is 3.00 bits per heavy atom. The summed E-state index contributed by atoms with van der Waals surface area (Å²) >= 11 is 0. The molecule has 1 atom stereocenters. The zero-order chi connectivity index (χ0) is 6.69. The summed E-state index contributed by atoms with van der Waals surface area (Å²) in [6, 6.07) is 0. The number of hydrazine groups is 1. The highest BCUT2D eigenvalue weighted by Crippen LogP contribution is 2.10. The zero-order valence-corrected chi connectivity index (χ0v) is 5.08. The van der Waals surface area contributed by atoms with Gasteiger partial charge in [0.15, 0.2) is 0 Å². The maximum Gasteiger partial charge on any atom is 0.221 e. The molecule has 1 fully saturated rings. The van der Waals surface area contributed by atoms with Crippen LogP contribution in [-0.2, 0) is 4.79 Å². The first kappa shape index (κ1) is 6.51. The fourth-order valence-corrected chi connectivity index (χ4v) is 0.967. The Hall–Kier alpha value is -0.610. The second kappa shape index (κ2) is 2.80. The minimum atomic E-state index is -0.477. The van der Waals surface area contributed by atoms with E-state index in [1.807, 2.05) is 0 Å². The maximum atomic E-state index is 9.84. The van der Waals surface area contributed by atoms with Crippen molar-refractivity contribution in [1.29, 1.82) is 0 Å². The Morgan fingerprint density at radius 2 is 2.56 bits per heavy atom. The second-order valence-electron chi connectivity index (χ2n) is 2.06. The molecule has 0 saturated carbocycles. The van der Waals surface area contributed by atoms with Crippen molar-refractivity contribution < 1.29 is 9.90 Å². The summed E-state index contributed by atoms with van der Waals surface area (Å²) in [5.41, 5.74) is 2.40. The second-order valence-corrected chi connectivity index (χ2v) is 2.06. The number of hydrogen-bond donors (Lipinski definition) is 2.